The zero-order valence-corrected chi connectivity index (χ0v) is 11.0. The van der Waals surface area contributed by atoms with Gasteiger partial charge in [-0.2, -0.15) is 5.26 Å². The third kappa shape index (κ3) is 2.47. The number of amides is 1. The molecule has 0 N–H and O–H groups in total. The Morgan fingerprint density at radius 1 is 1.33 bits per heavy atom. The zero-order chi connectivity index (χ0) is 13.5. The van der Waals surface area contributed by atoms with Crippen molar-refractivity contribution in [3.63, 3.8) is 0 Å². The summed E-state index contributed by atoms with van der Waals surface area (Å²) < 4.78 is 5.28. The maximum atomic E-state index is 11.8. The predicted octanol–water partition coefficient (Wildman–Crippen LogP) is 1.58. The van der Waals surface area contributed by atoms with E-state index in [-0.39, 0.29) is 36.1 Å². The van der Waals surface area contributed by atoms with Gasteiger partial charge in [0, 0.05) is 19.0 Å². The Balaban J connectivity index is 1.83. The van der Waals surface area contributed by atoms with Gasteiger partial charge in [-0.05, 0) is 32.6 Å². The Morgan fingerprint density at radius 3 is 2.33 bits per heavy atom. The molecule has 2 aliphatic rings. The summed E-state index contributed by atoms with van der Waals surface area (Å²) in [5.41, 5.74) is -0.486. The molecule has 1 saturated heterocycles. The highest BCUT2D eigenvalue weighted by atomic mass is 16.6. The average molecular weight is 250 g/mol. The normalized spacial score (nSPS) is 29.4. The molecule has 0 aromatic carbocycles. The van der Waals surface area contributed by atoms with Crippen molar-refractivity contribution in [3.05, 3.63) is 0 Å². The molecule has 0 radical (unpaired) electrons. The highest BCUT2D eigenvalue weighted by molar-refractivity contribution is 5.86. The van der Waals surface area contributed by atoms with Gasteiger partial charge in [-0.3, -0.25) is 4.79 Å². The molecule has 1 amide bonds. The van der Waals surface area contributed by atoms with E-state index in [2.05, 4.69) is 0 Å². The molecule has 2 fully saturated rings. The van der Waals surface area contributed by atoms with Crippen LogP contribution in [0.25, 0.3) is 0 Å². The third-order valence-corrected chi connectivity index (χ3v) is 3.47. The van der Waals surface area contributed by atoms with Crippen molar-refractivity contribution >= 4 is 11.9 Å². The van der Waals surface area contributed by atoms with Crippen LogP contribution in [0.4, 0.5) is 4.79 Å². The molecule has 0 spiro atoms. The number of ketones is 1. The van der Waals surface area contributed by atoms with Crippen LogP contribution < -0.4 is 0 Å². The van der Waals surface area contributed by atoms with E-state index >= 15 is 0 Å². The quantitative estimate of drug-likeness (QED) is 0.746. The van der Waals surface area contributed by atoms with Gasteiger partial charge in [-0.15, -0.1) is 0 Å². The number of carbonyl (C=O) groups is 2. The fraction of sp³-hybridized carbons (Fsp3) is 0.769. The van der Waals surface area contributed by atoms with E-state index in [0.29, 0.717) is 13.1 Å². The van der Waals surface area contributed by atoms with Gasteiger partial charge in [0.25, 0.3) is 0 Å². The van der Waals surface area contributed by atoms with Gasteiger partial charge in [0.1, 0.15) is 5.60 Å². The second-order valence-corrected chi connectivity index (χ2v) is 6.04. The molecule has 1 saturated carbocycles. The molecule has 0 aromatic heterocycles. The highest BCUT2D eigenvalue weighted by Gasteiger charge is 2.60. The minimum atomic E-state index is -0.486. The van der Waals surface area contributed by atoms with Crippen molar-refractivity contribution in [1.82, 2.24) is 4.90 Å². The molecule has 0 bridgehead atoms. The van der Waals surface area contributed by atoms with Crippen molar-refractivity contribution in [2.75, 3.05) is 13.1 Å². The van der Waals surface area contributed by atoms with Crippen molar-refractivity contribution in [3.8, 4) is 6.07 Å². The first-order chi connectivity index (χ1) is 8.33. The number of hydrogen-bond acceptors (Lipinski definition) is 4. The topological polar surface area (TPSA) is 70.4 Å². The Bertz CT molecular complexity index is 407. The molecule has 0 aromatic rings. The number of rotatable bonds is 2. The molecule has 2 rings (SSSR count). The van der Waals surface area contributed by atoms with Gasteiger partial charge < -0.3 is 9.64 Å². The SMILES string of the molecule is CC(C)(C)OC(=O)N1C[C@@H]2[C@H](C1)[C@H]2C(=O)CC#N. The molecule has 0 unspecified atom stereocenters. The summed E-state index contributed by atoms with van der Waals surface area (Å²) in [6.07, 6.45) is -0.314. The lowest BCUT2D eigenvalue weighted by Gasteiger charge is -2.25. The van der Waals surface area contributed by atoms with Crippen LogP contribution in [0.1, 0.15) is 27.2 Å². The van der Waals surface area contributed by atoms with E-state index in [1.165, 1.54) is 0 Å². The average Bonchev–Trinajstić information content (AvgIpc) is 2.72. The maximum absolute atomic E-state index is 11.8. The first-order valence-electron chi connectivity index (χ1n) is 6.21. The first-order valence-corrected chi connectivity index (χ1v) is 6.21. The van der Waals surface area contributed by atoms with Crippen molar-refractivity contribution in [2.24, 2.45) is 17.8 Å². The minimum absolute atomic E-state index is 0.00309. The summed E-state index contributed by atoms with van der Waals surface area (Å²) in [6.45, 7) is 6.67. The highest BCUT2D eigenvalue weighted by Crippen LogP contribution is 2.52. The predicted molar refractivity (Wildman–Crippen MR) is 63.5 cm³/mol. The van der Waals surface area contributed by atoms with Crippen LogP contribution in [0.2, 0.25) is 0 Å². The van der Waals surface area contributed by atoms with Crippen LogP contribution in [0.3, 0.4) is 0 Å². The molecule has 1 heterocycles. The van der Waals surface area contributed by atoms with Crippen LogP contribution in [-0.2, 0) is 9.53 Å². The Morgan fingerprint density at radius 2 is 1.89 bits per heavy atom. The molecule has 18 heavy (non-hydrogen) atoms. The standard InChI is InChI=1S/C13H18N2O3/c1-13(2,3)18-12(17)15-6-8-9(7-15)11(8)10(16)4-5-14/h8-9,11H,4,6-7H2,1-3H3/t8-,9+,11+. The number of nitriles is 1. The van der Waals surface area contributed by atoms with Gasteiger partial charge in [0.2, 0.25) is 0 Å². The van der Waals surface area contributed by atoms with Crippen molar-refractivity contribution < 1.29 is 14.3 Å². The van der Waals surface area contributed by atoms with Gasteiger partial charge in [0.15, 0.2) is 5.78 Å². The molecular formula is C13H18N2O3. The van der Waals surface area contributed by atoms with E-state index in [4.69, 9.17) is 10.00 Å². The first kappa shape index (κ1) is 12.9. The fourth-order valence-electron chi connectivity index (χ4n) is 2.68. The Kier molecular flexibility index (Phi) is 3.05. The lowest BCUT2D eigenvalue weighted by Crippen LogP contribution is -2.37. The lowest BCUT2D eigenvalue weighted by molar-refractivity contribution is -0.120. The largest absolute Gasteiger partial charge is 0.444 e. The number of fused-ring (bicyclic) bond motifs is 1. The maximum Gasteiger partial charge on any atom is 0.410 e. The number of Topliss-reactive ketones (excluding diaryl/α,β-unsaturated/α-hetero) is 1. The van der Waals surface area contributed by atoms with Crippen LogP contribution in [0.15, 0.2) is 0 Å². The second kappa shape index (κ2) is 4.27. The number of nitrogens with zero attached hydrogens (tertiary/aromatic N) is 2. The van der Waals surface area contributed by atoms with Crippen LogP contribution in [-0.4, -0.2) is 35.5 Å². The van der Waals surface area contributed by atoms with Crippen molar-refractivity contribution in [1.29, 1.82) is 5.26 Å². The smallest absolute Gasteiger partial charge is 0.410 e. The van der Waals surface area contributed by atoms with E-state index in [0.717, 1.165) is 0 Å². The van der Waals surface area contributed by atoms with E-state index in [1.807, 2.05) is 26.8 Å². The number of likely N-dealkylation sites (tertiary alicyclic amines) is 1. The van der Waals surface area contributed by atoms with Crippen molar-refractivity contribution in [2.45, 2.75) is 32.8 Å². The van der Waals surface area contributed by atoms with E-state index in [1.54, 1.807) is 4.90 Å². The van der Waals surface area contributed by atoms with Crippen LogP contribution >= 0.6 is 0 Å². The number of ether oxygens (including phenoxy) is 1. The van der Waals surface area contributed by atoms with Gasteiger partial charge in [-0.1, -0.05) is 0 Å². The molecular weight excluding hydrogens is 232 g/mol. The summed E-state index contributed by atoms with van der Waals surface area (Å²) in [5, 5.41) is 8.49. The molecule has 98 valence electrons. The van der Waals surface area contributed by atoms with E-state index in [9.17, 15) is 9.59 Å². The Labute approximate surface area is 107 Å². The number of hydrogen-bond donors (Lipinski definition) is 0. The number of carbonyl (C=O) groups excluding carboxylic acids is 2. The molecule has 3 atom stereocenters. The summed E-state index contributed by atoms with van der Waals surface area (Å²) in [4.78, 5) is 25.0. The van der Waals surface area contributed by atoms with Gasteiger partial charge in [-0.25, -0.2) is 4.79 Å². The van der Waals surface area contributed by atoms with Crippen LogP contribution in [0, 0.1) is 29.1 Å². The fourth-order valence-corrected chi connectivity index (χ4v) is 2.68. The van der Waals surface area contributed by atoms with Gasteiger partial charge >= 0.3 is 6.09 Å². The molecule has 1 aliphatic heterocycles. The van der Waals surface area contributed by atoms with E-state index < -0.39 is 5.60 Å². The summed E-state index contributed by atoms with van der Waals surface area (Å²) >= 11 is 0. The number of piperidine rings is 1. The van der Waals surface area contributed by atoms with Gasteiger partial charge in [0.05, 0.1) is 12.5 Å². The zero-order valence-electron chi connectivity index (χ0n) is 11.0. The summed E-state index contributed by atoms with van der Waals surface area (Å²) in [7, 11) is 0. The molecule has 1 aliphatic carbocycles. The lowest BCUT2D eigenvalue weighted by atomic mass is 10.1. The third-order valence-electron chi connectivity index (χ3n) is 3.47. The summed E-state index contributed by atoms with van der Waals surface area (Å²) in [6, 6.07) is 1.89. The monoisotopic (exact) mass is 250 g/mol. The Hall–Kier alpha value is -1.57. The second-order valence-electron chi connectivity index (χ2n) is 6.04. The molecule has 5 heteroatoms. The summed E-state index contributed by atoms with van der Waals surface area (Å²) in [5.74, 6) is 0.524. The minimum Gasteiger partial charge on any atom is -0.444 e. The van der Waals surface area contributed by atoms with Crippen LogP contribution in [0.5, 0.6) is 0 Å². The molecule has 5 nitrogen and oxygen atoms in total.